The van der Waals surface area contributed by atoms with Gasteiger partial charge in [0.05, 0.1) is 11.1 Å². The van der Waals surface area contributed by atoms with Gasteiger partial charge >= 0.3 is 6.18 Å². The molecule has 1 aromatic heterocycles. The van der Waals surface area contributed by atoms with Crippen molar-refractivity contribution in [3.8, 4) is 0 Å². The van der Waals surface area contributed by atoms with E-state index in [1.807, 2.05) is 31.5 Å². The van der Waals surface area contributed by atoms with Crippen LogP contribution in [0, 0.1) is 11.7 Å². The number of hydrogen-bond acceptors (Lipinski definition) is 3. The molecule has 1 aliphatic heterocycles. The summed E-state index contributed by atoms with van der Waals surface area (Å²) in [5, 5.41) is 3.17. The molecule has 9 heteroatoms. The molecule has 152 valence electrons. The van der Waals surface area contributed by atoms with Gasteiger partial charge in [-0.25, -0.2) is 4.39 Å². The van der Waals surface area contributed by atoms with Crippen LogP contribution < -0.4 is 10.1 Å². The van der Waals surface area contributed by atoms with Gasteiger partial charge in [0.25, 0.3) is 5.91 Å². The van der Waals surface area contributed by atoms with E-state index in [1.165, 1.54) is 11.3 Å². The van der Waals surface area contributed by atoms with Gasteiger partial charge in [0.2, 0.25) is 0 Å². The lowest BCUT2D eigenvalue weighted by molar-refractivity contribution is -0.137. The average molecular weight is 415 g/mol. The van der Waals surface area contributed by atoms with Gasteiger partial charge in [-0.2, -0.15) is 18.2 Å². The third-order valence-corrected chi connectivity index (χ3v) is 5.95. The lowest BCUT2D eigenvalue weighted by Crippen LogP contribution is -2.45. The first-order chi connectivity index (χ1) is 12.9. The van der Waals surface area contributed by atoms with Gasteiger partial charge in [0.1, 0.15) is 5.82 Å². The summed E-state index contributed by atoms with van der Waals surface area (Å²) in [6.07, 6.45) is -2.75. The van der Waals surface area contributed by atoms with E-state index in [2.05, 4.69) is 10.3 Å². The number of thiazole rings is 1. The maximum atomic E-state index is 14.0. The van der Waals surface area contributed by atoms with E-state index in [0.29, 0.717) is 35.5 Å². The Morgan fingerprint density at radius 1 is 1.29 bits per heavy atom. The molecule has 0 atom stereocenters. The van der Waals surface area contributed by atoms with Crippen molar-refractivity contribution in [3.05, 3.63) is 51.0 Å². The molecule has 2 aromatic rings. The molecule has 0 radical (unpaired) electrons. The zero-order valence-electron chi connectivity index (χ0n) is 15.7. The molecule has 1 saturated heterocycles. The first-order valence-corrected chi connectivity index (χ1v) is 9.64. The Balaban J connectivity index is 2.02. The SMILES string of the molecule is CC(C)(C)c1cn(CC2CNC2)/c(=N/C(=O)c2cc(C(F)(F)F)ccc2F)s1. The molecule has 2 heterocycles. The summed E-state index contributed by atoms with van der Waals surface area (Å²) in [5.41, 5.74) is -1.94. The second kappa shape index (κ2) is 7.44. The molecular formula is C19H21F4N3OS. The number of rotatable bonds is 3. The Labute approximate surface area is 163 Å². The molecule has 0 aliphatic carbocycles. The Morgan fingerprint density at radius 2 is 1.96 bits per heavy atom. The normalized spacial score (nSPS) is 16.3. The van der Waals surface area contributed by atoms with Crippen molar-refractivity contribution >= 4 is 17.2 Å². The predicted octanol–water partition coefficient (Wildman–Crippen LogP) is 3.97. The monoisotopic (exact) mass is 415 g/mol. The summed E-state index contributed by atoms with van der Waals surface area (Å²) in [5.74, 6) is -1.66. The molecule has 3 rings (SSSR count). The highest BCUT2D eigenvalue weighted by Crippen LogP contribution is 2.30. The fourth-order valence-corrected chi connectivity index (χ4v) is 3.77. The van der Waals surface area contributed by atoms with Gasteiger partial charge in [0.15, 0.2) is 4.80 Å². The van der Waals surface area contributed by atoms with E-state index in [0.717, 1.165) is 18.0 Å². The van der Waals surface area contributed by atoms with Crippen LogP contribution in [0.4, 0.5) is 17.6 Å². The van der Waals surface area contributed by atoms with E-state index in [9.17, 15) is 22.4 Å². The minimum absolute atomic E-state index is 0.178. The highest BCUT2D eigenvalue weighted by atomic mass is 32.1. The van der Waals surface area contributed by atoms with Crippen LogP contribution in [-0.2, 0) is 18.1 Å². The third kappa shape index (κ3) is 4.52. The van der Waals surface area contributed by atoms with Crippen molar-refractivity contribution in [1.29, 1.82) is 0 Å². The molecule has 1 aliphatic rings. The topological polar surface area (TPSA) is 46.4 Å². The van der Waals surface area contributed by atoms with Crippen LogP contribution in [0.3, 0.4) is 0 Å². The minimum Gasteiger partial charge on any atom is -0.323 e. The highest BCUT2D eigenvalue weighted by molar-refractivity contribution is 7.09. The zero-order valence-corrected chi connectivity index (χ0v) is 16.5. The van der Waals surface area contributed by atoms with Gasteiger partial charge in [-0.15, -0.1) is 11.3 Å². The number of aromatic nitrogens is 1. The number of hydrogen-bond donors (Lipinski definition) is 1. The number of carbonyl (C=O) groups is 1. The first-order valence-electron chi connectivity index (χ1n) is 8.82. The number of carbonyl (C=O) groups excluding carboxylic acids is 1. The summed E-state index contributed by atoms with van der Waals surface area (Å²) in [6, 6.07) is 1.77. The van der Waals surface area contributed by atoms with Gasteiger partial charge < -0.3 is 9.88 Å². The summed E-state index contributed by atoms with van der Waals surface area (Å²) in [7, 11) is 0. The van der Waals surface area contributed by atoms with E-state index in [-0.39, 0.29) is 5.41 Å². The average Bonchev–Trinajstić information content (AvgIpc) is 2.93. The number of alkyl halides is 3. The molecule has 0 spiro atoms. The Morgan fingerprint density at radius 3 is 2.50 bits per heavy atom. The van der Waals surface area contributed by atoms with Crippen LogP contribution in [0.5, 0.6) is 0 Å². The molecule has 1 N–H and O–H groups in total. The molecule has 0 saturated carbocycles. The van der Waals surface area contributed by atoms with Gasteiger partial charge in [-0.3, -0.25) is 4.79 Å². The maximum Gasteiger partial charge on any atom is 0.416 e. The van der Waals surface area contributed by atoms with Crippen LogP contribution >= 0.6 is 11.3 Å². The minimum atomic E-state index is -4.66. The smallest absolute Gasteiger partial charge is 0.323 e. The van der Waals surface area contributed by atoms with Crippen molar-refractivity contribution in [2.75, 3.05) is 13.1 Å². The summed E-state index contributed by atoms with van der Waals surface area (Å²) in [4.78, 5) is 17.8. The second-order valence-electron chi connectivity index (χ2n) is 7.91. The summed E-state index contributed by atoms with van der Waals surface area (Å²) < 4.78 is 54.6. The van der Waals surface area contributed by atoms with Crippen LogP contribution in [-0.4, -0.2) is 23.6 Å². The van der Waals surface area contributed by atoms with Crippen molar-refractivity contribution in [1.82, 2.24) is 9.88 Å². The molecular weight excluding hydrogens is 394 g/mol. The quantitative estimate of drug-likeness (QED) is 0.772. The van der Waals surface area contributed by atoms with Crippen LogP contribution in [0.15, 0.2) is 29.4 Å². The molecule has 4 nitrogen and oxygen atoms in total. The van der Waals surface area contributed by atoms with Gasteiger partial charge in [-0.1, -0.05) is 20.8 Å². The third-order valence-electron chi connectivity index (χ3n) is 4.50. The van der Waals surface area contributed by atoms with E-state index >= 15 is 0 Å². The van der Waals surface area contributed by atoms with Crippen LogP contribution in [0.25, 0.3) is 0 Å². The van der Waals surface area contributed by atoms with Crippen molar-refractivity contribution < 1.29 is 22.4 Å². The highest BCUT2D eigenvalue weighted by Gasteiger charge is 2.32. The standard InChI is InChI=1S/C19H21F4N3OS/c1-18(2,3)15-10-26(9-11-7-24-8-11)17(28-15)25-16(27)13-6-12(19(21,22)23)4-5-14(13)20/h4-6,10-11,24H,7-9H2,1-3H3/b25-17-. The molecule has 1 amide bonds. The van der Waals surface area contributed by atoms with E-state index in [1.54, 1.807) is 0 Å². The number of nitrogens with one attached hydrogen (secondary N) is 1. The Kier molecular flexibility index (Phi) is 5.51. The Hall–Kier alpha value is -2.00. The van der Waals surface area contributed by atoms with Gasteiger partial charge in [0, 0.05) is 36.6 Å². The maximum absolute atomic E-state index is 14.0. The van der Waals surface area contributed by atoms with E-state index in [4.69, 9.17) is 0 Å². The summed E-state index contributed by atoms with van der Waals surface area (Å²) >= 11 is 1.29. The van der Waals surface area contributed by atoms with E-state index < -0.39 is 29.0 Å². The van der Waals surface area contributed by atoms with Crippen molar-refractivity contribution in [2.45, 2.75) is 38.9 Å². The van der Waals surface area contributed by atoms with Gasteiger partial charge in [-0.05, 0) is 23.6 Å². The molecule has 0 unspecified atom stereocenters. The first kappa shape index (κ1) is 20.7. The molecule has 1 fully saturated rings. The largest absolute Gasteiger partial charge is 0.416 e. The van der Waals surface area contributed by atoms with Crippen LogP contribution in [0.2, 0.25) is 0 Å². The lowest BCUT2D eigenvalue weighted by Gasteiger charge is -2.27. The fraction of sp³-hybridized carbons (Fsp3) is 0.474. The summed E-state index contributed by atoms with van der Waals surface area (Å²) in [6.45, 7) is 8.40. The number of halogens is 4. The molecule has 1 aromatic carbocycles. The molecule has 28 heavy (non-hydrogen) atoms. The zero-order chi connectivity index (χ0) is 20.7. The molecule has 0 bridgehead atoms. The van der Waals surface area contributed by atoms with Crippen LogP contribution in [0.1, 0.15) is 41.6 Å². The number of nitrogens with zero attached hydrogens (tertiary/aromatic N) is 2. The van der Waals surface area contributed by atoms with Crippen molar-refractivity contribution in [2.24, 2.45) is 10.9 Å². The second-order valence-corrected chi connectivity index (χ2v) is 8.92. The Bertz CT molecular complexity index is 949. The number of amides is 1. The van der Waals surface area contributed by atoms with Crippen molar-refractivity contribution in [3.63, 3.8) is 0 Å². The lowest BCUT2D eigenvalue weighted by atomic mass is 9.95. The fourth-order valence-electron chi connectivity index (χ4n) is 2.71. The number of benzene rings is 1. The predicted molar refractivity (Wildman–Crippen MR) is 98.7 cm³/mol.